The molecule has 0 heterocycles. The van der Waals surface area contributed by atoms with Crippen molar-refractivity contribution in [1.29, 1.82) is 0 Å². The van der Waals surface area contributed by atoms with E-state index in [-0.39, 0.29) is 6.10 Å². The highest BCUT2D eigenvalue weighted by Crippen LogP contribution is 2.32. The Morgan fingerprint density at radius 2 is 1.45 bits per heavy atom. The molecule has 2 aromatic rings. The van der Waals surface area contributed by atoms with Crippen molar-refractivity contribution in [1.82, 2.24) is 4.90 Å². The zero-order valence-corrected chi connectivity index (χ0v) is 19.2. The Kier molecular flexibility index (Phi) is 9.68. The van der Waals surface area contributed by atoms with Crippen molar-refractivity contribution in [2.24, 2.45) is 0 Å². The molecule has 0 spiro atoms. The molecular weight excluding hydrogens is 378 g/mol. The second kappa shape index (κ2) is 12.0. The van der Waals surface area contributed by atoms with E-state index in [0.29, 0.717) is 17.4 Å². The number of nitrogens with zero attached hydrogens (tertiary/aromatic N) is 1. The Balaban J connectivity index is 1.95. The minimum atomic E-state index is 0.138. The first kappa shape index (κ1) is 23.4. The van der Waals surface area contributed by atoms with Gasteiger partial charge in [0.2, 0.25) is 0 Å². The molecule has 0 aliphatic carbocycles. The molecule has 2 atom stereocenters. The number of rotatable bonds is 12. The summed E-state index contributed by atoms with van der Waals surface area (Å²) in [6.45, 7) is 11.3. The van der Waals surface area contributed by atoms with Crippen LogP contribution in [0, 0.1) is 0 Å². The summed E-state index contributed by atoms with van der Waals surface area (Å²) in [5.41, 5.74) is 12.9. The molecule has 0 aliphatic heterocycles. The molecule has 2 rings (SSSR count). The summed E-state index contributed by atoms with van der Waals surface area (Å²) < 4.78 is 6.27. The highest BCUT2D eigenvalue weighted by molar-refractivity contribution is 7.99. The van der Waals surface area contributed by atoms with Crippen LogP contribution in [0.15, 0.2) is 52.3 Å². The first-order chi connectivity index (χ1) is 13.9. The topological polar surface area (TPSA) is 64.5 Å². The average Bonchev–Trinajstić information content (AvgIpc) is 2.72. The van der Waals surface area contributed by atoms with E-state index < -0.39 is 0 Å². The molecule has 0 bridgehead atoms. The van der Waals surface area contributed by atoms with E-state index in [1.165, 1.54) is 25.7 Å². The van der Waals surface area contributed by atoms with Crippen molar-refractivity contribution in [2.45, 2.75) is 75.3 Å². The van der Waals surface area contributed by atoms with Gasteiger partial charge in [0.1, 0.15) is 11.9 Å². The van der Waals surface area contributed by atoms with E-state index in [4.69, 9.17) is 16.2 Å². The van der Waals surface area contributed by atoms with Crippen molar-refractivity contribution in [3.05, 3.63) is 42.5 Å². The van der Waals surface area contributed by atoms with E-state index in [0.717, 1.165) is 28.6 Å². The summed E-state index contributed by atoms with van der Waals surface area (Å²) >= 11 is 1.67. The van der Waals surface area contributed by atoms with Gasteiger partial charge in [0.25, 0.3) is 0 Å². The summed E-state index contributed by atoms with van der Waals surface area (Å²) in [5.74, 6) is 0.913. The molecule has 29 heavy (non-hydrogen) atoms. The van der Waals surface area contributed by atoms with Crippen LogP contribution in [0.4, 0.5) is 11.4 Å². The monoisotopic (exact) mass is 415 g/mol. The first-order valence-electron chi connectivity index (χ1n) is 10.8. The first-order valence-corrected chi connectivity index (χ1v) is 11.6. The minimum absolute atomic E-state index is 0.138. The molecule has 5 heteroatoms. The third-order valence-corrected chi connectivity index (χ3v) is 6.29. The van der Waals surface area contributed by atoms with E-state index in [1.54, 1.807) is 11.8 Å². The van der Waals surface area contributed by atoms with Crippen LogP contribution in [0.5, 0.6) is 5.75 Å². The molecule has 2 unspecified atom stereocenters. The number of ether oxygens (including phenoxy) is 1. The van der Waals surface area contributed by atoms with Crippen molar-refractivity contribution in [3.63, 3.8) is 0 Å². The van der Waals surface area contributed by atoms with Crippen molar-refractivity contribution in [3.8, 4) is 5.75 Å². The predicted molar refractivity (Wildman–Crippen MR) is 127 cm³/mol. The highest BCUT2D eigenvalue weighted by atomic mass is 32.2. The van der Waals surface area contributed by atoms with Crippen LogP contribution in [0.3, 0.4) is 0 Å². The van der Waals surface area contributed by atoms with Gasteiger partial charge in [-0.3, -0.25) is 4.90 Å². The Labute approximate surface area is 181 Å². The SMILES string of the molecule is CCCCN(CCCC)C(C)C(C)Oc1ccc(Sc2ccc(N)c(N)c2)cc1. The van der Waals surface area contributed by atoms with Crippen LogP contribution >= 0.6 is 11.8 Å². The fourth-order valence-electron chi connectivity index (χ4n) is 3.19. The van der Waals surface area contributed by atoms with E-state index >= 15 is 0 Å². The molecule has 0 radical (unpaired) electrons. The number of hydrogen-bond donors (Lipinski definition) is 2. The zero-order valence-electron chi connectivity index (χ0n) is 18.4. The maximum absolute atomic E-state index is 6.27. The third kappa shape index (κ3) is 7.48. The lowest BCUT2D eigenvalue weighted by atomic mass is 10.1. The van der Waals surface area contributed by atoms with Gasteiger partial charge in [-0.2, -0.15) is 0 Å². The fraction of sp³-hybridized carbons (Fsp3) is 0.500. The minimum Gasteiger partial charge on any atom is -0.489 e. The molecule has 0 saturated heterocycles. The molecule has 0 aromatic heterocycles. The molecule has 2 aromatic carbocycles. The molecule has 0 fully saturated rings. The third-order valence-electron chi connectivity index (χ3n) is 5.29. The number of nitrogens with two attached hydrogens (primary N) is 2. The number of hydrogen-bond acceptors (Lipinski definition) is 5. The highest BCUT2D eigenvalue weighted by Gasteiger charge is 2.21. The zero-order chi connectivity index (χ0) is 21.2. The van der Waals surface area contributed by atoms with Crippen LogP contribution in [0.25, 0.3) is 0 Å². The van der Waals surface area contributed by atoms with Crippen molar-refractivity contribution < 1.29 is 4.74 Å². The Morgan fingerprint density at radius 3 is 2.00 bits per heavy atom. The second-order valence-electron chi connectivity index (χ2n) is 7.67. The lowest BCUT2D eigenvalue weighted by Crippen LogP contribution is -2.43. The van der Waals surface area contributed by atoms with Gasteiger partial charge in [0.05, 0.1) is 11.4 Å². The molecule has 0 aliphatic rings. The van der Waals surface area contributed by atoms with E-state index in [2.05, 4.69) is 56.9 Å². The number of nitrogen functional groups attached to an aromatic ring is 2. The Hall–Kier alpha value is -1.85. The Morgan fingerprint density at radius 1 is 0.862 bits per heavy atom. The summed E-state index contributed by atoms with van der Waals surface area (Å²) in [6, 6.07) is 14.4. The van der Waals surface area contributed by atoms with Gasteiger partial charge in [0, 0.05) is 15.8 Å². The van der Waals surface area contributed by atoms with Gasteiger partial charge < -0.3 is 16.2 Å². The number of benzene rings is 2. The lowest BCUT2D eigenvalue weighted by Gasteiger charge is -2.33. The second-order valence-corrected chi connectivity index (χ2v) is 8.82. The van der Waals surface area contributed by atoms with Gasteiger partial charge in [0.15, 0.2) is 0 Å². The predicted octanol–water partition coefficient (Wildman–Crippen LogP) is 6.06. The maximum Gasteiger partial charge on any atom is 0.119 e. The largest absolute Gasteiger partial charge is 0.489 e. The van der Waals surface area contributed by atoms with Gasteiger partial charge >= 0.3 is 0 Å². The molecular formula is C24H37N3OS. The molecule has 0 amide bonds. The van der Waals surface area contributed by atoms with Crippen LogP contribution in [-0.4, -0.2) is 30.1 Å². The summed E-state index contributed by atoms with van der Waals surface area (Å²) in [6.07, 6.45) is 5.07. The van der Waals surface area contributed by atoms with Gasteiger partial charge in [-0.1, -0.05) is 38.5 Å². The summed E-state index contributed by atoms with van der Waals surface area (Å²) in [5, 5.41) is 0. The van der Waals surface area contributed by atoms with E-state index in [9.17, 15) is 0 Å². The standard InChI is InChI=1S/C24H37N3OS/c1-5-7-15-27(16-8-6-2)18(3)19(4)28-20-9-11-21(12-10-20)29-22-13-14-23(25)24(26)17-22/h9-14,17-19H,5-8,15-16,25-26H2,1-4H3. The van der Waals surface area contributed by atoms with Crippen molar-refractivity contribution >= 4 is 23.1 Å². The van der Waals surface area contributed by atoms with Crippen LogP contribution in [-0.2, 0) is 0 Å². The number of unbranched alkanes of at least 4 members (excludes halogenated alkanes) is 2. The molecule has 0 saturated carbocycles. The van der Waals surface area contributed by atoms with Gasteiger partial charge in [-0.25, -0.2) is 0 Å². The fourth-order valence-corrected chi connectivity index (χ4v) is 4.06. The van der Waals surface area contributed by atoms with Crippen LogP contribution in [0.1, 0.15) is 53.4 Å². The van der Waals surface area contributed by atoms with Gasteiger partial charge in [-0.05, 0) is 82.2 Å². The molecule has 160 valence electrons. The van der Waals surface area contributed by atoms with Gasteiger partial charge in [-0.15, -0.1) is 0 Å². The molecule has 4 nitrogen and oxygen atoms in total. The van der Waals surface area contributed by atoms with Crippen LogP contribution in [0.2, 0.25) is 0 Å². The quantitative estimate of drug-likeness (QED) is 0.412. The normalized spacial score (nSPS) is 13.4. The maximum atomic E-state index is 6.27. The Bertz CT molecular complexity index is 727. The smallest absolute Gasteiger partial charge is 0.119 e. The molecule has 4 N–H and O–H groups in total. The van der Waals surface area contributed by atoms with Crippen LogP contribution < -0.4 is 16.2 Å². The lowest BCUT2D eigenvalue weighted by molar-refractivity contribution is 0.0850. The average molecular weight is 416 g/mol. The number of anilines is 2. The van der Waals surface area contributed by atoms with Crippen molar-refractivity contribution in [2.75, 3.05) is 24.6 Å². The summed E-state index contributed by atoms with van der Waals surface area (Å²) in [7, 11) is 0. The summed E-state index contributed by atoms with van der Waals surface area (Å²) in [4.78, 5) is 4.80. The van der Waals surface area contributed by atoms with E-state index in [1.807, 2.05) is 18.2 Å².